The molecule has 0 saturated carbocycles. The summed E-state index contributed by atoms with van der Waals surface area (Å²) in [5, 5.41) is 9.46. The van der Waals surface area contributed by atoms with E-state index in [0.717, 1.165) is 5.69 Å². The van der Waals surface area contributed by atoms with E-state index < -0.39 is 11.5 Å². The zero-order valence-corrected chi connectivity index (χ0v) is 10.0. The van der Waals surface area contributed by atoms with Crippen LogP contribution in [-0.4, -0.2) is 39.6 Å². The Morgan fingerprint density at radius 3 is 3.00 bits per heavy atom. The molecule has 1 aliphatic heterocycles. The second-order valence-electron chi connectivity index (χ2n) is 4.37. The third-order valence-electron chi connectivity index (χ3n) is 2.96. The van der Waals surface area contributed by atoms with Crippen molar-refractivity contribution in [3.63, 3.8) is 0 Å². The molecular formula is C11H14ClN3O2. The van der Waals surface area contributed by atoms with Crippen molar-refractivity contribution in [2.24, 2.45) is 5.73 Å². The van der Waals surface area contributed by atoms with E-state index in [1.165, 1.54) is 0 Å². The van der Waals surface area contributed by atoms with Gasteiger partial charge in [0.15, 0.2) is 0 Å². The summed E-state index contributed by atoms with van der Waals surface area (Å²) in [7, 11) is 0. The van der Waals surface area contributed by atoms with Crippen LogP contribution in [0, 0.1) is 0 Å². The molecule has 1 fully saturated rings. The Bertz CT molecular complexity index is 440. The second kappa shape index (κ2) is 4.60. The van der Waals surface area contributed by atoms with Crippen LogP contribution in [-0.2, 0) is 11.3 Å². The Labute approximate surface area is 104 Å². The highest BCUT2D eigenvalue weighted by Crippen LogP contribution is 2.20. The first-order valence-corrected chi connectivity index (χ1v) is 5.73. The Hall–Kier alpha value is -1.17. The summed E-state index contributed by atoms with van der Waals surface area (Å²) >= 11 is 5.79. The number of nitrogens with two attached hydrogens (primary N) is 1. The van der Waals surface area contributed by atoms with Gasteiger partial charge in [-0.2, -0.15) is 0 Å². The zero-order chi connectivity index (χ0) is 12.5. The first-order valence-electron chi connectivity index (χ1n) is 5.36. The van der Waals surface area contributed by atoms with Crippen LogP contribution in [0.5, 0.6) is 0 Å². The summed E-state index contributed by atoms with van der Waals surface area (Å²) in [6, 6.07) is 5.40. The van der Waals surface area contributed by atoms with Crippen molar-refractivity contribution in [2.75, 3.05) is 13.1 Å². The molecule has 5 nitrogen and oxygen atoms in total. The molecule has 1 saturated heterocycles. The predicted octanol–water partition coefficient (Wildman–Crippen LogP) is 0.723. The van der Waals surface area contributed by atoms with Crippen molar-refractivity contribution in [2.45, 2.75) is 18.5 Å². The molecule has 2 heterocycles. The predicted molar refractivity (Wildman–Crippen MR) is 63.7 cm³/mol. The summed E-state index contributed by atoms with van der Waals surface area (Å²) < 4.78 is 0. The van der Waals surface area contributed by atoms with Gasteiger partial charge in [-0.15, -0.1) is 0 Å². The number of pyridine rings is 1. The minimum absolute atomic E-state index is 0.344. The summed E-state index contributed by atoms with van der Waals surface area (Å²) in [4.78, 5) is 17.1. The summed E-state index contributed by atoms with van der Waals surface area (Å²) in [5.41, 5.74) is 5.49. The van der Waals surface area contributed by atoms with Crippen LogP contribution in [0.15, 0.2) is 18.2 Å². The molecule has 6 heteroatoms. The van der Waals surface area contributed by atoms with Gasteiger partial charge in [-0.05, 0) is 18.6 Å². The first kappa shape index (κ1) is 12.3. The number of nitrogens with zero attached hydrogens (tertiary/aromatic N) is 2. The lowest BCUT2D eigenvalue weighted by atomic mass is 10.0. The lowest BCUT2D eigenvalue weighted by Crippen LogP contribution is -2.50. The fourth-order valence-electron chi connectivity index (χ4n) is 1.99. The highest BCUT2D eigenvalue weighted by molar-refractivity contribution is 6.29. The number of carboxylic acids is 1. The molecule has 1 aliphatic rings. The molecule has 0 amide bonds. The first-order chi connectivity index (χ1) is 7.99. The third kappa shape index (κ3) is 2.74. The number of carboxylic acid groups (broad SMARTS) is 1. The van der Waals surface area contributed by atoms with Crippen molar-refractivity contribution in [3.8, 4) is 0 Å². The highest BCUT2D eigenvalue weighted by atomic mass is 35.5. The summed E-state index contributed by atoms with van der Waals surface area (Å²) in [6.07, 6.45) is 0.461. The van der Waals surface area contributed by atoms with Gasteiger partial charge in [-0.1, -0.05) is 17.7 Å². The van der Waals surface area contributed by atoms with Gasteiger partial charge in [0.25, 0.3) is 0 Å². The standard InChI is InChI=1S/C11H14ClN3O2/c12-9-3-1-2-8(14-9)6-15-5-4-11(13,7-15)10(16)17/h1-3H,4-7,13H2,(H,16,17). The minimum Gasteiger partial charge on any atom is -0.480 e. The average molecular weight is 256 g/mol. The van der Waals surface area contributed by atoms with Crippen molar-refractivity contribution >= 4 is 17.6 Å². The second-order valence-corrected chi connectivity index (χ2v) is 4.76. The van der Waals surface area contributed by atoms with Crippen molar-refractivity contribution < 1.29 is 9.90 Å². The van der Waals surface area contributed by atoms with E-state index in [2.05, 4.69) is 4.98 Å². The quantitative estimate of drug-likeness (QED) is 0.778. The lowest BCUT2D eigenvalue weighted by molar-refractivity contribution is -0.142. The van der Waals surface area contributed by atoms with E-state index in [1.807, 2.05) is 17.0 Å². The maximum Gasteiger partial charge on any atom is 0.325 e. The van der Waals surface area contributed by atoms with Crippen molar-refractivity contribution in [1.82, 2.24) is 9.88 Å². The molecule has 1 aromatic heterocycles. The SMILES string of the molecule is NC1(C(=O)O)CCN(Cc2cccc(Cl)n2)C1. The molecule has 3 N–H and O–H groups in total. The molecule has 2 rings (SSSR count). The zero-order valence-electron chi connectivity index (χ0n) is 9.27. The maximum absolute atomic E-state index is 11.0. The number of aliphatic carboxylic acids is 1. The molecule has 0 radical (unpaired) electrons. The minimum atomic E-state index is -1.13. The van der Waals surface area contributed by atoms with Crippen LogP contribution in [0.4, 0.5) is 0 Å². The number of hydrogen-bond donors (Lipinski definition) is 2. The highest BCUT2D eigenvalue weighted by Gasteiger charge is 2.41. The van der Waals surface area contributed by atoms with Crippen LogP contribution in [0.2, 0.25) is 5.15 Å². The lowest BCUT2D eigenvalue weighted by Gasteiger charge is -2.19. The molecular weight excluding hydrogens is 242 g/mol. The number of likely N-dealkylation sites (tertiary alicyclic amines) is 1. The van der Waals surface area contributed by atoms with Crippen LogP contribution in [0.3, 0.4) is 0 Å². The summed E-state index contributed by atoms with van der Waals surface area (Å²) in [5.74, 6) is -0.945. The number of aromatic nitrogens is 1. The van der Waals surface area contributed by atoms with E-state index in [0.29, 0.717) is 31.2 Å². The van der Waals surface area contributed by atoms with Crippen LogP contribution < -0.4 is 5.73 Å². The number of rotatable bonds is 3. The average Bonchev–Trinajstić information content (AvgIpc) is 2.61. The topological polar surface area (TPSA) is 79.5 Å². The van der Waals surface area contributed by atoms with E-state index in [1.54, 1.807) is 6.07 Å². The van der Waals surface area contributed by atoms with Gasteiger partial charge in [-0.25, -0.2) is 4.98 Å². The van der Waals surface area contributed by atoms with Crippen LogP contribution in [0.25, 0.3) is 0 Å². The molecule has 17 heavy (non-hydrogen) atoms. The molecule has 0 bridgehead atoms. The van der Waals surface area contributed by atoms with E-state index in [-0.39, 0.29) is 0 Å². The molecule has 1 aromatic rings. The monoisotopic (exact) mass is 255 g/mol. The van der Waals surface area contributed by atoms with Crippen LogP contribution in [0.1, 0.15) is 12.1 Å². The maximum atomic E-state index is 11.0. The molecule has 0 aromatic carbocycles. The van der Waals surface area contributed by atoms with Crippen molar-refractivity contribution in [3.05, 3.63) is 29.0 Å². The van der Waals surface area contributed by atoms with E-state index in [9.17, 15) is 4.79 Å². The Kier molecular flexibility index (Phi) is 3.33. The Morgan fingerprint density at radius 1 is 1.65 bits per heavy atom. The van der Waals surface area contributed by atoms with Gasteiger partial charge in [0.05, 0.1) is 5.69 Å². The fraction of sp³-hybridized carbons (Fsp3) is 0.455. The number of halogens is 1. The van der Waals surface area contributed by atoms with E-state index >= 15 is 0 Å². The Morgan fingerprint density at radius 2 is 2.41 bits per heavy atom. The molecule has 92 valence electrons. The largest absolute Gasteiger partial charge is 0.480 e. The molecule has 1 unspecified atom stereocenters. The molecule has 1 atom stereocenters. The number of carbonyl (C=O) groups is 1. The van der Waals surface area contributed by atoms with Gasteiger partial charge in [0.1, 0.15) is 10.7 Å². The molecule has 0 spiro atoms. The van der Waals surface area contributed by atoms with Gasteiger partial charge < -0.3 is 10.8 Å². The molecule has 0 aliphatic carbocycles. The van der Waals surface area contributed by atoms with Gasteiger partial charge in [0.2, 0.25) is 0 Å². The Balaban J connectivity index is 2.01. The van der Waals surface area contributed by atoms with Gasteiger partial charge in [-0.3, -0.25) is 9.69 Å². The smallest absolute Gasteiger partial charge is 0.325 e. The normalized spacial score (nSPS) is 25.1. The fourth-order valence-corrected chi connectivity index (χ4v) is 2.17. The van der Waals surface area contributed by atoms with Crippen LogP contribution >= 0.6 is 11.6 Å². The van der Waals surface area contributed by atoms with Crippen molar-refractivity contribution in [1.29, 1.82) is 0 Å². The van der Waals surface area contributed by atoms with E-state index in [4.69, 9.17) is 22.4 Å². The number of hydrogen-bond acceptors (Lipinski definition) is 4. The van der Waals surface area contributed by atoms with Gasteiger partial charge in [0, 0.05) is 19.6 Å². The summed E-state index contributed by atoms with van der Waals surface area (Å²) in [6.45, 7) is 1.58. The van der Waals surface area contributed by atoms with Gasteiger partial charge >= 0.3 is 5.97 Å². The third-order valence-corrected chi connectivity index (χ3v) is 3.17.